The Morgan fingerprint density at radius 2 is 1.05 bits per heavy atom. The molecule has 3 heteroatoms. The van der Waals surface area contributed by atoms with Crippen LogP contribution in [0.15, 0.2) is 83.8 Å². The summed E-state index contributed by atoms with van der Waals surface area (Å²) in [4.78, 5) is 0.343. The van der Waals surface area contributed by atoms with Crippen LogP contribution in [0.5, 0.6) is 0 Å². The second-order valence-corrected chi connectivity index (χ2v) is 5.53. The molecular formula is C18H13O2S-. The molecule has 3 rings (SSSR count). The summed E-state index contributed by atoms with van der Waals surface area (Å²) in [7, 11) is 0. The molecule has 1 atom stereocenters. The maximum absolute atomic E-state index is 11.8. The zero-order valence-electron chi connectivity index (χ0n) is 11.2. The van der Waals surface area contributed by atoms with E-state index in [9.17, 15) is 8.76 Å². The van der Waals surface area contributed by atoms with Crippen LogP contribution in [0.3, 0.4) is 0 Å². The number of rotatable bonds is 3. The molecule has 3 aromatic carbocycles. The summed E-state index contributed by atoms with van der Waals surface area (Å²) in [6, 6.07) is 24.7. The summed E-state index contributed by atoms with van der Waals surface area (Å²) in [6.07, 6.45) is 0. The molecule has 0 aliphatic heterocycles. The van der Waals surface area contributed by atoms with Gasteiger partial charge in [0, 0.05) is 4.90 Å². The second-order valence-electron chi connectivity index (χ2n) is 4.65. The van der Waals surface area contributed by atoms with E-state index in [1.165, 1.54) is 0 Å². The topological polar surface area (TPSA) is 40.1 Å². The molecule has 0 heterocycles. The number of benzene rings is 3. The van der Waals surface area contributed by atoms with E-state index < -0.39 is 11.1 Å². The van der Waals surface area contributed by atoms with Gasteiger partial charge in [0.15, 0.2) is 0 Å². The largest absolute Gasteiger partial charge is 0.768 e. The molecule has 0 amide bonds. The minimum atomic E-state index is -2.30. The van der Waals surface area contributed by atoms with Crippen molar-refractivity contribution in [2.24, 2.45) is 0 Å². The predicted molar refractivity (Wildman–Crippen MR) is 84.5 cm³/mol. The Hall–Kier alpha value is -2.23. The highest BCUT2D eigenvalue weighted by Gasteiger charge is 2.12. The van der Waals surface area contributed by atoms with Gasteiger partial charge in [0.05, 0.1) is 0 Å². The van der Waals surface area contributed by atoms with Crippen molar-refractivity contribution in [3.8, 4) is 22.3 Å². The van der Waals surface area contributed by atoms with Gasteiger partial charge < -0.3 is 4.55 Å². The molecule has 21 heavy (non-hydrogen) atoms. The first kappa shape index (κ1) is 13.7. The minimum Gasteiger partial charge on any atom is -0.768 e. The molecule has 0 bridgehead atoms. The minimum absolute atomic E-state index is 0.343. The van der Waals surface area contributed by atoms with E-state index in [-0.39, 0.29) is 0 Å². The van der Waals surface area contributed by atoms with Crippen LogP contribution in [0.1, 0.15) is 0 Å². The molecule has 0 N–H and O–H groups in total. The van der Waals surface area contributed by atoms with Crippen LogP contribution < -0.4 is 0 Å². The van der Waals surface area contributed by atoms with Gasteiger partial charge in [0.2, 0.25) is 0 Å². The van der Waals surface area contributed by atoms with E-state index in [2.05, 4.69) is 0 Å². The maximum atomic E-state index is 11.8. The second kappa shape index (κ2) is 6.04. The molecule has 0 aliphatic carbocycles. The van der Waals surface area contributed by atoms with Crippen LogP contribution >= 0.6 is 0 Å². The Labute approximate surface area is 126 Å². The van der Waals surface area contributed by atoms with Gasteiger partial charge in [0.25, 0.3) is 0 Å². The van der Waals surface area contributed by atoms with Crippen molar-refractivity contribution >= 4 is 11.1 Å². The van der Waals surface area contributed by atoms with Crippen LogP contribution in [0, 0.1) is 0 Å². The molecular weight excluding hydrogens is 280 g/mol. The lowest BCUT2D eigenvalue weighted by Gasteiger charge is -2.17. The van der Waals surface area contributed by atoms with Crippen molar-refractivity contribution in [3.05, 3.63) is 78.9 Å². The van der Waals surface area contributed by atoms with Crippen molar-refractivity contribution in [2.45, 2.75) is 4.90 Å². The third-order valence-electron chi connectivity index (χ3n) is 3.35. The average molecular weight is 293 g/mol. The SMILES string of the molecule is O=S([O-])c1c(-c2ccccc2)cccc1-c1ccccc1. The van der Waals surface area contributed by atoms with Crippen LogP contribution in [-0.4, -0.2) is 8.76 Å². The molecule has 0 radical (unpaired) electrons. The van der Waals surface area contributed by atoms with Crippen molar-refractivity contribution < 1.29 is 8.76 Å². The average Bonchev–Trinajstić information content (AvgIpc) is 2.55. The van der Waals surface area contributed by atoms with Gasteiger partial charge in [-0.05, 0) is 33.3 Å². The fourth-order valence-corrected chi connectivity index (χ4v) is 3.14. The molecule has 0 spiro atoms. The van der Waals surface area contributed by atoms with Gasteiger partial charge in [0.1, 0.15) is 0 Å². The normalized spacial score (nSPS) is 12.0. The summed E-state index contributed by atoms with van der Waals surface area (Å²) in [5.74, 6) is 0. The highest BCUT2D eigenvalue weighted by molar-refractivity contribution is 7.79. The fraction of sp³-hybridized carbons (Fsp3) is 0. The summed E-state index contributed by atoms with van der Waals surface area (Å²) in [5.41, 5.74) is 3.25. The predicted octanol–water partition coefficient (Wildman–Crippen LogP) is 4.26. The Balaban J connectivity index is 2.26. The van der Waals surface area contributed by atoms with E-state index in [0.29, 0.717) is 4.90 Å². The lowest BCUT2D eigenvalue weighted by molar-refractivity contribution is 0.537. The van der Waals surface area contributed by atoms with Gasteiger partial charge >= 0.3 is 0 Å². The zero-order chi connectivity index (χ0) is 14.7. The van der Waals surface area contributed by atoms with Crippen molar-refractivity contribution in [1.29, 1.82) is 0 Å². The van der Waals surface area contributed by atoms with Gasteiger partial charge in [-0.1, -0.05) is 78.9 Å². The Morgan fingerprint density at radius 1 is 0.619 bits per heavy atom. The molecule has 2 nitrogen and oxygen atoms in total. The first-order valence-electron chi connectivity index (χ1n) is 6.60. The maximum Gasteiger partial charge on any atom is 0.0405 e. The van der Waals surface area contributed by atoms with Crippen molar-refractivity contribution in [3.63, 3.8) is 0 Å². The summed E-state index contributed by atoms with van der Waals surface area (Å²) < 4.78 is 23.6. The lowest BCUT2D eigenvalue weighted by atomic mass is 9.99. The van der Waals surface area contributed by atoms with Crippen LogP contribution in [0.2, 0.25) is 0 Å². The Bertz CT molecular complexity index is 710. The first-order chi connectivity index (χ1) is 10.3. The summed E-state index contributed by atoms with van der Waals surface area (Å²) >= 11 is -2.30. The first-order valence-corrected chi connectivity index (χ1v) is 7.68. The standard InChI is InChI=1S/C18H14O2S/c19-21(20)18-16(14-8-3-1-4-9-14)12-7-13-17(18)15-10-5-2-6-11-15/h1-13H,(H,19,20)/p-1. The third kappa shape index (κ3) is 2.79. The highest BCUT2D eigenvalue weighted by atomic mass is 32.2. The van der Waals surface area contributed by atoms with E-state index >= 15 is 0 Å². The van der Waals surface area contributed by atoms with E-state index in [4.69, 9.17) is 0 Å². The fourth-order valence-electron chi connectivity index (χ4n) is 2.41. The highest BCUT2D eigenvalue weighted by Crippen LogP contribution is 2.34. The third-order valence-corrected chi connectivity index (χ3v) is 4.12. The number of hydrogen-bond donors (Lipinski definition) is 0. The molecule has 0 aromatic heterocycles. The van der Waals surface area contributed by atoms with Crippen LogP contribution in [0.25, 0.3) is 22.3 Å². The van der Waals surface area contributed by atoms with E-state index in [0.717, 1.165) is 22.3 Å². The van der Waals surface area contributed by atoms with Crippen molar-refractivity contribution in [1.82, 2.24) is 0 Å². The van der Waals surface area contributed by atoms with Gasteiger partial charge in [-0.3, -0.25) is 4.21 Å². The van der Waals surface area contributed by atoms with Crippen LogP contribution in [0.4, 0.5) is 0 Å². The van der Waals surface area contributed by atoms with Gasteiger partial charge in [-0.2, -0.15) is 0 Å². The van der Waals surface area contributed by atoms with Gasteiger partial charge in [-0.25, -0.2) is 0 Å². The molecule has 0 aliphatic rings. The Kier molecular flexibility index (Phi) is 3.95. The Morgan fingerprint density at radius 3 is 1.43 bits per heavy atom. The van der Waals surface area contributed by atoms with Crippen molar-refractivity contribution in [2.75, 3.05) is 0 Å². The zero-order valence-corrected chi connectivity index (χ0v) is 12.0. The molecule has 0 saturated carbocycles. The quantitative estimate of drug-likeness (QED) is 0.677. The molecule has 0 fully saturated rings. The lowest BCUT2D eigenvalue weighted by Crippen LogP contribution is -1.97. The molecule has 0 saturated heterocycles. The van der Waals surface area contributed by atoms with E-state index in [1.54, 1.807) is 0 Å². The molecule has 3 aromatic rings. The summed E-state index contributed by atoms with van der Waals surface area (Å²) in [5, 5.41) is 0. The number of hydrogen-bond acceptors (Lipinski definition) is 2. The van der Waals surface area contributed by atoms with Gasteiger partial charge in [-0.15, -0.1) is 0 Å². The monoisotopic (exact) mass is 293 g/mol. The molecule has 104 valence electrons. The molecule has 1 unspecified atom stereocenters. The van der Waals surface area contributed by atoms with E-state index in [1.807, 2.05) is 78.9 Å². The smallest absolute Gasteiger partial charge is 0.0405 e. The summed E-state index contributed by atoms with van der Waals surface area (Å²) in [6.45, 7) is 0. The van der Waals surface area contributed by atoms with Crippen LogP contribution in [-0.2, 0) is 11.1 Å².